The van der Waals surface area contributed by atoms with Gasteiger partial charge in [-0.15, -0.1) is 12.3 Å². The van der Waals surface area contributed by atoms with Gasteiger partial charge in [-0.05, 0) is 31.0 Å². The molecule has 0 bridgehead atoms. The van der Waals surface area contributed by atoms with E-state index < -0.39 is 6.10 Å². The molecular formula is C19H28N2O2. The number of terminal acetylenes is 1. The first-order valence-corrected chi connectivity index (χ1v) is 8.35. The zero-order valence-corrected chi connectivity index (χ0v) is 14.3. The van der Waals surface area contributed by atoms with Gasteiger partial charge in [-0.3, -0.25) is 9.80 Å². The number of ether oxygens (including phenoxy) is 1. The average Bonchev–Trinajstić information content (AvgIpc) is 2.55. The molecule has 4 nitrogen and oxygen atoms in total. The Kier molecular flexibility index (Phi) is 6.91. The van der Waals surface area contributed by atoms with E-state index >= 15 is 0 Å². The highest BCUT2D eigenvalue weighted by atomic mass is 16.5. The smallest absolute Gasteiger partial charge is 0.122 e. The molecule has 23 heavy (non-hydrogen) atoms. The van der Waals surface area contributed by atoms with E-state index in [9.17, 15) is 5.11 Å². The molecule has 126 valence electrons. The van der Waals surface area contributed by atoms with Crippen molar-refractivity contribution in [3.8, 4) is 18.1 Å². The second kappa shape index (κ2) is 8.93. The Bertz CT molecular complexity index is 531. The van der Waals surface area contributed by atoms with Crippen LogP contribution in [0.15, 0.2) is 18.2 Å². The summed E-state index contributed by atoms with van der Waals surface area (Å²) in [7, 11) is 0. The Hall–Kier alpha value is -1.54. The largest absolute Gasteiger partial charge is 0.491 e. The van der Waals surface area contributed by atoms with Crippen LogP contribution < -0.4 is 4.74 Å². The zero-order valence-electron chi connectivity index (χ0n) is 14.3. The second-order valence-electron chi connectivity index (χ2n) is 6.33. The normalized spacial score (nSPS) is 17.7. The summed E-state index contributed by atoms with van der Waals surface area (Å²) in [4.78, 5) is 4.68. The van der Waals surface area contributed by atoms with Crippen molar-refractivity contribution in [1.82, 2.24) is 9.80 Å². The molecule has 0 saturated carbocycles. The predicted molar refractivity (Wildman–Crippen MR) is 93.7 cm³/mol. The van der Waals surface area contributed by atoms with E-state index in [1.807, 2.05) is 26.0 Å². The number of benzene rings is 1. The number of rotatable bonds is 7. The molecule has 0 radical (unpaired) electrons. The molecule has 1 aliphatic heterocycles. The average molecular weight is 316 g/mol. The minimum Gasteiger partial charge on any atom is -0.491 e. The molecule has 1 N–H and O–H groups in total. The molecule has 0 spiro atoms. The number of β-amino-alcohol motifs (C(OH)–C–C–N with tert-alkyl or cyclic N) is 1. The van der Waals surface area contributed by atoms with Crippen molar-refractivity contribution >= 4 is 0 Å². The molecule has 4 heteroatoms. The lowest BCUT2D eigenvalue weighted by Crippen LogP contribution is -2.49. The minimum atomic E-state index is -0.466. The highest BCUT2D eigenvalue weighted by molar-refractivity contribution is 5.35. The van der Waals surface area contributed by atoms with Crippen molar-refractivity contribution in [2.45, 2.75) is 26.4 Å². The van der Waals surface area contributed by atoms with Gasteiger partial charge in [0.1, 0.15) is 18.5 Å². The number of aliphatic hydroxyl groups excluding tert-OH is 1. The van der Waals surface area contributed by atoms with Gasteiger partial charge in [0.15, 0.2) is 0 Å². The lowest BCUT2D eigenvalue weighted by Gasteiger charge is -2.35. The Morgan fingerprint density at radius 1 is 1.22 bits per heavy atom. The summed E-state index contributed by atoms with van der Waals surface area (Å²) in [5.41, 5.74) is 2.27. The second-order valence-corrected chi connectivity index (χ2v) is 6.33. The maximum Gasteiger partial charge on any atom is 0.122 e. The van der Waals surface area contributed by atoms with Crippen LogP contribution in [0.25, 0.3) is 0 Å². The molecule has 1 aliphatic rings. The topological polar surface area (TPSA) is 35.9 Å². The Labute approximate surface area is 140 Å². The van der Waals surface area contributed by atoms with Crippen molar-refractivity contribution in [1.29, 1.82) is 0 Å². The van der Waals surface area contributed by atoms with Gasteiger partial charge in [0.25, 0.3) is 0 Å². The van der Waals surface area contributed by atoms with E-state index in [1.54, 1.807) is 0 Å². The zero-order chi connectivity index (χ0) is 16.7. The first kappa shape index (κ1) is 17.8. The van der Waals surface area contributed by atoms with Gasteiger partial charge in [0.2, 0.25) is 0 Å². The Balaban J connectivity index is 1.70. The van der Waals surface area contributed by atoms with Crippen LogP contribution in [0.5, 0.6) is 5.75 Å². The predicted octanol–water partition coefficient (Wildman–Crippen LogP) is 1.68. The van der Waals surface area contributed by atoms with Gasteiger partial charge in [-0.2, -0.15) is 0 Å². The van der Waals surface area contributed by atoms with E-state index in [4.69, 9.17) is 11.2 Å². The standard InChI is InChI=1S/C19H28N2O2/c1-4-5-8-20-9-11-21(12-10-20)14-18(22)15-23-19-13-16(2)6-7-17(19)3/h1,6-7,13,18,22H,5,8-12,14-15H2,2-3H3. The number of hydrogen-bond acceptors (Lipinski definition) is 4. The van der Waals surface area contributed by atoms with Crippen molar-refractivity contribution in [3.63, 3.8) is 0 Å². The van der Waals surface area contributed by atoms with Crippen LogP contribution in [0.2, 0.25) is 0 Å². The van der Waals surface area contributed by atoms with Crippen LogP contribution in [-0.4, -0.2) is 66.9 Å². The van der Waals surface area contributed by atoms with Crippen LogP contribution in [0.1, 0.15) is 17.5 Å². The van der Waals surface area contributed by atoms with Crippen molar-refractivity contribution in [2.24, 2.45) is 0 Å². The van der Waals surface area contributed by atoms with E-state index in [2.05, 4.69) is 21.8 Å². The quantitative estimate of drug-likeness (QED) is 0.777. The fraction of sp³-hybridized carbons (Fsp3) is 0.579. The van der Waals surface area contributed by atoms with Gasteiger partial charge in [-0.1, -0.05) is 12.1 Å². The first-order valence-electron chi connectivity index (χ1n) is 8.35. The minimum absolute atomic E-state index is 0.335. The van der Waals surface area contributed by atoms with Crippen LogP contribution in [-0.2, 0) is 0 Å². The van der Waals surface area contributed by atoms with Gasteiger partial charge >= 0.3 is 0 Å². The number of nitrogens with zero attached hydrogens (tertiary/aromatic N) is 2. The molecule has 1 saturated heterocycles. The summed E-state index contributed by atoms with van der Waals surface area (Å²) in [5, 5.41) is 10.2. The number of hydrogen-bond donors (Lipinski definition) is 1. The molecule has 1 aromatic rings. The van der Waals surface area contributed by atoms with Crippen molar-refractivity contribution in [2.75, 3.05) is 45.9 Å². The lowest BCUT2D eigenvalue weighted by molar-refractivity contribution is 0.0463. The first-order chi connectivity index (χ1) is 11.1. The van der Waals surface area contributed by atoms with Gasteiger partial charge in [0.05, 0.1) is 0 Å². The number of piperazine rings is 1. The molecule has 1 fully saturated rings. The summed E-state index contributed by atoms with van der Waals surface area (Å²) < 4.78 is 5.79. The van der Waals surface area contributed by atoms with Gasteiger partial charge < -0.3 is 9.84 Å². The molecule has 1 heterocycles. The third-order valence-electron chi connectivity index (χ3n) is 4.28. The lowest BCUT2D eigenvalue weighted by atomic mass is 10.1. The van der Waals surface area contributed by atoms with Crippen LogP contribution in [0.4, 0.5) is 0 Å². The Morgan fingerprint density at radius 2 is 1.91 bits per heavy atom. The highest BCUT2D eigenvalue weighted by Crippen LogP contribution is 2.19. The van der Waals surface area contributed by atoms with Crippen LogP contribution in [0, 0.1) is 26.2 Å². The van der Waals surface area contributed by atoms with Crippen LogP contribution >= 0.6 is 0 Å². The molecule has 1 aromatic carbocycles. The summed E-state index contributed by atoms with van der Waals surface area (Å²) in [6.45, 7) is 10.0. The number of aryl methyl sites for hydroxylation is 2. The third-order valence-corrected chi connectivity index (χ3v) is 4.28. The van der Waals surface area contributed by atoms with E-state index in [1.165, 1.54) is 5.56 Å². The summed E-state index contributed by atoms with van der Waals surface area (Å²) in [6.07, 6.45) is 5.65. The monoisotopic (exact) mass is 316 g/mol. The fourth-order valence-electron chi connectivity index (χ4n) is 2.82. The number of aliphatic hydroxyl groups is 1. The molecular weight excluding hydrogens is 288 g/mol. The van der Waals surface area contributed by atoms with Crippen molar-refractivity contribution < 1.29 is 9.84 Å². The molecule has 1 atom stereocenters. The molecule has 0 aliphatic carbocycles. The SMILES string of the molecule is C#CCCN1CCN(CC(O)COc2cc(C)ccc2C)CC1. The molecule has 0 aromatic heterocycles. The summed E-state index contributed by atoms with van der Waals surface area (Å²) in [5.74, 6) is 3.55. The van der Waals surface area contributed by atoms with E-state index in [0.717, 1.165) is 50.5 Å². The molecule has 2 rings (SSSR count). The maximum atomic E-state index is 10.2. The molecule has 1 unspecified atom stereocenters. The summed E-state index contributed by atoms with van der Waals surface area (Å²) >= 11 is 0. The molecule has 0 amide bonds. The summed E-state index contributed by atoms with van der Waals surface area (Å²) in [6, 6.07) is 6.14. The van der Waals surface area contributed by atoms with Crippen molar-refractivity contribution in [3.05, 3.63) is 29.3 Å². The third kappa shape index (κ3) is 5.87. The van der Waals surface area contributed by atoms with E-state index in [0.29, 0.717) is 13.2 Å². The fourth-order valence-corrected chi connectivity index (χ4v) is 2.82. The van der Waals surface area contributed by atoms with E-state index in [-0.39, 0.29) is 0 Å². The Morgan fingerprint density at radius 3 is 2.61 bits per heavy atom. The van der Waals surface area contributed by atoms with Gasteiger partial charge in [-0.25, -0.2) is 0 Å². The van der Waals surface area contributed by atoms with Gasteiger partial charge in [0, 0.05) is 45.7 Å². The maximum absolute atomic E-state index is 10.2. The highest BCUT2D eigenvalue weighted by Gasteiger charge is 2.19. The van der Waals surface area contributed by atoms with Crippen LogP contribution in [0.3, 0.4) is 0 Å².